The first-order valence-electron chi connectivity index (χ1n) is 9.69. The van der Waals surface area contributed by atoms with E-state index in [9.17, 15) is 0 Å². The molecule has 0 atom stereocenters. The van der Waals surface area contributed by atoms with Crippen LogP contribution in [-0.4, -0.2) is 34.7 Å². The molecular formula is C23H28N2O. The Hall–Kier alpha value is -2.26. The van der Waals surface area contributed by atoms with E-state index in [0.29, 0.717) is 12.1 Å². The molecule has 1 fully saturated rings. The first kappa shape index (κ1) is 17.2. The number of fused-ring (bicyclic) bond motifs is 1. The predicted octanol–water partition coefficient (Wildman–Crippen LogP) is 5.19. The van der Waals surface area contributed by atoms with Crippen LogP contribution in [0.4, 0.5) is 0 Å². The van der Waals surface area contributed by atoms with Gasteiger partial charge in [-0.1, -0.05) is 17.7 Å². The summed E-state index contributed by atoms with van der Waals surface area (Å²) in [5, 5.41) is 1.22. The third-order valence-electron chi connectivity index (χ3n) is 5.48. The fraction of sp³-hybridized carbons (Fsp3) is 0.391. The molecule has 4 rings (SSSR count). The maximum atomic E-state index is 6.29. The number of aryl methyl sites for hydroxylation is 1. The number of ether oxygens (including phenoxy) is 1. The summed E-state index contributed by atoms with van der Waals surface area (Å²) in [6.07, 6.45) is 4.70. The van der Waals surface area contributed by atoms with E-state index in [1.165, 1.54) is 22.2 Å². The van der Waals surface area contributed by atoms with Gasteiger partial charge in [0.05, 0.1) is 5.52 Å². The van der Waals surface area contributed by atoms with Gasteiger partial charge in [-0.3, -0.25) is 0 Å². The second-order valence-electron chi connectivity index (χ2n) is 7.69. The SMILES string of the molecule is Cc1ccc(-n2ccc3cc(OC4CCN(C(C)C)CC4)ccc32)cc1. The summed E-state index contributed by atoms with van der Waals surface area (Å²) >= 11 is 0. The van der Waals surface area contributed by atoms with Crippen molar-refractivity contribution < 1.29 is 4.74 Å². The molecule has 3 aromatic rings. The average Bonchev–Trinajstić information content (AvgIpc) is 3.06. The average molecular weight is 348 g/mol. The second-order valence-corrected chi connectivity index (χ2v) is 7.69. The predicted molar refractivity (Wildman–Crippen MR) is 108 cm³/mol. The van der Waals surface area contributed by atoms with Gasteiger partial charge in [0.25, 0.3) is 0 Å². The number of hydrogen-bond donors (Lipinski definition) is 0. The molecule has 26 heavy (non-hydrogen) atoms. The number of likely N-dealkylation sites (tertiary alicyclic amines) is 1. The Bertz CT molecular complexity index is 871. The van der Waals surface area contributed by atoms with Crippen LogP contribution >= 0.6 is 0 Å². The van der Waals surface area contributed by atoms with E-state index in [0.717, 1.165) is 31.7 Å². The van der Waals surface area contributed by atoms with E-state index in [1.54, 1.807) is 0 Å². The largest absolute Gasteiger partial charge is 0.490 e. The zero-order chi connectivity index (χ0) is 18.1. The van der Waals surface area contributed by atoms with E-state index < -0.39 is 0 Å². The highest BCUT2D eigenvalue weighted by Gasteiger charge is 2.22. The quantitative estimate of drug-likeness (QED) is 0.645. The van der Waals surface area contributed by atoms with E-state index in [1.807, 2.05) is 0 Å². The minimum absolute atomic E-state index is 0.335. The fourth-order valence-electron chi connectivity index (χ4n) is 3.83. The molecule has 0 bridgehead atoms. The van der Waals surface area contributed by atoms with E-state index in [2.05, 4.69) is 85.0 Å². The van der Waals surface area contributed by atoms with Crippen LogP contribution in [0, 0.1) is 6.92 Å². The molecule has 1 aromatic heterocycles. The van der Waals surface area contributed by atoms with Gasteiger partial charge in [-0.05, 0) is 70.0 Å². The molecule has 2 aromatic carbocycles. The first-order valence-corrected chi connectivity index (χ1v) is 9.69. The highest BCUT2D eigenvalue weighted by atomic mass is 16.5. The van der Waals surface area contributed by atoms with Crippen molar-refractivity contribution in [2.45, 2.75) is 45.8 Å². The van der Waals surface area contributed by atoms with Gasteiger partial charge in [0.15, 0.2) is 0 Å². The lowest BCUT2D eigenvalue weighted by Gasteiger charge is -2.34. The van der Waals surface area contributed by atoms with Crippen molar-refractivity contribution in [3.8, 4) is 11.4 Å². The number of benzene rings is 2. The smallest absolute Gasteiger partial charge is 0.120 e. The molecule has 0 saturated carbocycles. The number of rotatable bonds is 4. The maximum absolute atomic E-state index is 6.29. The summed E-state index contributed by atoms with van der Waals surface area (Å²) in [7, 11) is 0. The molecule has 2 heterocycles. The van der Waals surface area contributed by atoms with Crippen molar-refractivity contribution in [3.05, 3.63) is 60.3 Å². The molecule has 0 amide bonds. The molecule has 0 spiro atoms. The Kier molecular flexibility index (Phi) is 4.73. The minimum Gasteiger partial charge on any atom is -0.490 e. The van der Waals surface area contributed by atoms with Gasteiger partial charge in [0, 0.05) is 36.4 Å². The molecule has 1 aliphatic heterocycles. The molecule has 1 saturated heterocycles. The summed E-state index contributed by atoms with van der Waals surface area (Å²) in [4.78, 5) is 2.53. The van der Waals surface area contributed by atoms with Crippen molar-refractivity contribution in [1.29, 1.82) is 0 Å². The Morgan fingerprint density at radius 2 is 1.69 bits per heavy atom. The van der Waals surface area contributed by atoms with E-state index >= 15 is 0 Å². The summed E-state index contributed by atoms with van der Waals surface area (Å²) in [6, 6.07) is 17.9. The lowest BCUT2D eigenvalue weighted by Crippen LogP contribution is -2.41. The topological polar surface area (TPSA) is 17.4 Å². The van der Waals surface area contributed by atoms with E-state index in [4.69, 9.17) is 4.74 Å². The van der Waals surface area contributed by atoms with Gasteiger partial charge in [-0.2, -0.15) is 0 Å². The van der Waals surface area contributed by atoms with Gasteiger partial charge < -0.3 is 14.2 Å². The van der Waals surface area contributed by atoms with Crippen molar-refractivity contribution in [3.63, 3.8) is 0 Å². The molecule has 1 aliphatic rings. The van der Waals surface area contributed by atoms with Gasteiger partial charge in [0.2, 0.25) is 0 Å². The normalized spacial score (nSPS) is 16.5. The molecular weight excluding hydrogens is 320 g/mol. The molecule has 0 radical (unpaired) electrons. The van der Waals surface area contributed by atoms with Crippen LogP contribution < -0.4 is 4.74 Å². The number of piperidine rings is 1. The fourth-order valence-corrected chi connectivity index (χ4v) is 3.83. The zero-order valence-corrected chi connectivity index (χ0v) is 16.0. The van der Waals surface area contributed by atoms with Gasteiger partial charge in [0.1, 0.15) is 11.9 Å². The summed E-state index contributed by atoms with van der Waals surface area (Å²) in [5.41, 5.74) is 3.69. The zero-order valence-electron chi connectivity index (χ0n) is 16.0. The van der Waals surface area contributed by atoms with Crippen LogP contribution in [-0.2, 0) is 0 Å². The number of nitrogens with zero attached hydrogens (tertiary/aromatic N) is 2. The first-order chi connectivity index (χ1) is 12.6. The maximum Gasteiger partial charge on any atom is 0.120 e. The lowest BCUT2D eigenvalue weighted by atomic mass is 10.1. The van der Waals surface area contributed by atoms with Crippen molar-refractivity contribution in [2.24, 2.45) is 0 Å². The van der Waals surface area contributed by atoms with Gasteiger partial charge in [-0.15, -0.1) is 0 Å². The van der Waals surface area contributed by atoms with Crippen LogP contribution in [0.2, 0.25) is 0 Å². The minimum atomic E-state index is 0.335. The van der Waals surface area contributed by atoms with Crippen LogP contribution in [0.1, 0.15) is 32.3 Å². The highest BCUT2D eigenvalue weighted by Crippen LogP contribution is 2.27. The molecule has 3 heteroatoms. The van der Waals surface area contributed by atoms with Gasteiger partial charge >= 0.3 is 0 Å². The van der Waals surface area contributed by atoms with Crippen molar-refractivity contribution in [1.82, 2.24) is 9.47 Å². The molecule has 0 unspecified atom stereocenters. The summed E-state index contributed by atoms with van der Waals surface area (Å²) in [5.74, 6) is 0.988. The number of hydrogen-bond acceptors (Lipinski definition) is 2. The van der Waals surface area contributed by atoms with Gasteiger partial charge in [-0.25, -0.2) is 0 Å². The summed E-state index contributed by atoms with van der Waals surface area (Å²) < 4.78 is 8.52. The Morgan fingerprint density at radius 1 is 0.962 bits per heavy atom. The highest BCUT2D eigenvalue weighted by molar-refractivity contribution is 5.83. The van der Waals surface area contributed by atoms with Crippen LogP contribution in [0.3, 0.4) is 0 Å². The Labute approximate surface area is 156 Å². The molecule has 3 nitrogen and oxygen atoms in total. The van der Waals surface area contributed by atoms with Crippen molar-refractivity contribution >= 4 is 10.9 Å². The number of aromatic nitrogens is 1. The second kappa shape index (κ2) is 7.16. The monoisotopic (exact) mass is 348 g/mol. The van der Waals surface area contributed by atoms with Crippen LogP contribution in [0.25, 0.3) is 16.6 Å². The molecule has 0 aliphatic carbocycles. The van der Waals surface area contributed by atoms with Crippen molar-refractivity contribution in [2.75, 3.05) is 13.1 Å². The standard InChI is InChI=1S/C23H28N2O/c1-17(2)24-13-11-21(12-14-24)26-22-8-9-23-19(16-22)10-15-25(23)20-6-4-18(3)5-7-20/h4-10,15-17,21H,11-14H2,1-3H3. The Balaban J connectivity index is 1.50. The molecule has 0 N–H and O–H groups in total. The third-order valence-corrected chi connectivity index (χ3v) is 5.48. The van der Waals surface area contributed by atoms with E-state index in [-0.39, 0.29) is 0 Å². The summed E-state index contributed by atoms with van der Waals surface area (Å²) in [6.45, 7) is 8.93. The third kappa shape index (κ3) is 3.49. The lowest BCUT2D eigenvalue weighted by molar-refractivity contribution is 0.0844. The van der Waals surface area contributed by atoms with Crippen LogP contribution in [0.5, 0.6) is 5.75 Å². The van der Waals surface area contributed by atoms with Crippen LogP contribution in [0.15, 0.2) is 54.7 Å². The molecule has 136 valence electrons. The Morgan fingerprint density at radius 3 is 2.38 bits per heavy atom.